The van der Waals surface area contributed by atoms with E-state index in [0.717, 1.165) is 41.6 Å². The molecule has 1 heterocycles. The van der Waals surface area contributed by atoms with Gasteiger partial charge in [-0.15, -0.1) is 0 Å². The fourth-order valence-corrected chi connectivity index (χ4v) is 3.24. The highest BCUT2D eigenvalue weighted by Crippen LogP contribution is 2.22. The Kier molecular flexibility index (Phi) is 5.83. The average Bonchev–Trinajstić information content (AvgIpc) is 2.72. The van der Waals surface area contributed by atoms with Gasteiger partial charge in [0.1, 0.15) is 5.75 Å². The molecule has 0 atom stereocenters. The molecular formula is C23H26N4O. The number of rotatable bonds is 8. The molecule has 1 saturated carbocycles. The molecule has 144 valence electrons. The first-order valence-electron chi connectivity index (χ1n) is 9.86. The minimum Gasteiger partial charge on any atom is -0.497 e. The van der Waals surface area contributed by atoms with Gasteiger partial charge in [-0.1, -0.05) is 30.7 Å². The summed E-state index contributed by atoms with van der Waals surface area (Å²) in [4.78, 5) is 8.87. The number of methoxy groups -OCH3 is 1. The zero-order chi connectivity index (χ0) is 19.2. The molecule has 5 heteroatoms. The van der Waals surface area contributed by atoms with Gasteiger partial charge >= 0.3 is 0 Å². The minimum atomic E-state index is 0.594. The Labute approximate surface area is 166 Å². The lowest BCUT2D eigenvalue weighted by molar-refractivity contribution is 0.342. The Bertz CT molecular complexity index is 872. The van der Waals surface area contributed by atoms with E-state index in [-0.39, 0.29) is 0 Å². The molecule has 0 unspecified atom stereocenters. The number of anilines is 2. The molecule has 0 saturated heterocycles. The van der Waals surface area contributed by atoms with Gasteiger partial charge in [-0.3, -0.25) is 0 Å². The van der Waals surface area contributed by atoms with Gasteiger partial charge in [0.05, 0.1) is 7.11 Å². The van der Waals surface area contributed by atoms with Crippen LogP contribution in [0.2, 0.25) is 0 Å². The second kappa shape index (κ2) is 8.85. The van der Waals surface area contributed by atoms with Crippen LogP contribution in [0.25, 0.3) is 11.1 Å². The summed E-state index contributed by atoms with van der Waals surface area (Å²) in [5, 5.41) is 6.87. The second-order valence-electron chi connectivity index (χ2n) is 7.18. The summed E-state index contributed by atoms with van der Waals surface area (Å²) in [5.41, 5.74) is 4.37. The summed E-state index contributed by atoms with van der Waals surface area (Å²) in [7, 11) is 1.66. The molecule has 2 N–H and O–H groups in total. The van der Waals surface area contributed by atoms with Crippen molar-refractivity contribution in [1.29, 1.82) is 0 Å². The molecule has 28 heavy (non-hydrogen) atoms. The van der Waals surface area contributed by atoms with Crippen molar-refractivity contribution in [2.45, 2.75) is 31.7 Å². The molecule has 0 amide bonds. The lowest BCUT2D eigenvalue weighted by Crippen LogP contribution is -2.36. The third-order valence-electron chi connectivity index (χ3n) is 5.24. The van der Waals surface area contributed by atoms with Gasteiger partial charge in [-0.25, -0.2) is 9.97 Å². The van der Waals surface area contributed by atoms with Crippen LogP contribution < -0.4 is 15.4 Å². The Hall–Kier alpha value is -2.92. The first kappa shape index (κ1) is 18.4. The monoisotopic (exact) mass is 374 g/mol. The molecule has 5 nitrogen and oxygen atoms in total. The maximum absolute atomic E-state index is 5.19. The van der Waals surface area contributed by atoms with E-state index >= 15 is 0 Å². The van der Waals surface area contributed by atoms with Gasteiger partial charge in [0, 0.05) is 29.7 Å². The Morgan fingerprint density at radius 3 is 2.25 bits per heavy atom. The summed E-state index contributed by atoms with van der Waals surface area (Å²) >= 11 is 0. The predicted molar refractivity (Wildman–Crippen MR) is 113 cm³/mol. The van der Waals surface area contributed by atoms with Crippen molar-refractivity contribution in [2.75, 3.05) is 19.0 Å². The molecule has 1 fully saturated rings. The van der Waals surface area contributed by atoms with Crippen molar-refractivity contribution < 1.29 is 4.74 Å². The van der Waals surface area contributed by atoms with E-state index in [9.17, 15) is 0 Å². The van der Waals surface area contributed by atoms with E-state index in [1.807, 2.05) is 36.7 Å². The fraction of sp³-hybridized carbons (Fsp3) is 0.304. The second-order valence-corrected chi connectivity index (χ2v) is 7.18. The first-order valence-corrected chi connectivity index (χ1v) is 9.86. The Morgan fingerprint density at radius 1 is 0.929 bits per heavy atom. The van der Waals surface area contributed by atoms with Crippen LogP contribution in [0.4, 0.5) is 11.6 Å². The quantitative estimate of drug-likeness (QED) is 0.604. The molecule has 0 spiro atoms. The van der Waals surface area contributed by atoms with Crippen LogP contribution in [0, 0.1) is 0 Å². The molecule has 0 aliphatic heterocycles. The fourth-order valence-electron chi connectivity index (χ4n) is 3.24. The highest BCUT2D eigenvalue weighted by molar-refractivity contribution is 5.63. The van der Waals surface area contributed by atoms with Crippen LogP contribution in [0.5, 0.6) is 5.75 Å². The molecule has 4 rings (SSSR count). The number of ether oxygens (including phenoxy) is 1. The maximum Gasteiger partial charge on any atom is 0.227 e. The highest BCUT2D eigenvalue weighted by atomic mass is 16.5. The van der Waals surface area contributed by atoms with Gasteiger partial charge in [-0.05, 0) is 61.2 Å². The molecule has 1 aromatic heterocycles. The van der Waals surface area contributed by atoms with Crippen LogP contribution in [0.15, 0.2) is 60.9 Å². The van der Waals surface area contributed by atoms with Crippen molar-refractivity contribution in [2.24, 2.45) is 0 Å². The zero-order valence-corrected chi connectivity index (χ0v) is 16.2. The smallest absolute Gasteiger partial charge is 0.227 e. The summed E-state index contributed by atoms with van der Waals surface area (Å²) in [5.74, 6) is 1.43. The SMILES string of the molecule is COc1ccc(-c2cnc(Nc3ccc(CCNC4CCC4)cc3)nc2)cc1. The minimum absolute atomic E-state index is 0.594. The van der Waals surface area contributed by atoms with Crippen LogP contribution >= 0.6 is 0 Å². The van der Waals surface area contributed by atoms with Crippen molar-refractivity contribution in [1.82, 2.24) is 15.3 Å². The van der Waals surface area contributed by atoms with E-state index in [4.69, 9.17) is 4.74 Å². The van der Waals surface area contributed by atoms with Gasteiger partial charge in [0.15, 0.2) is 0 Å². The van der Waals surface area contributed by atoms with E-state index in [1.165, 1.54) is 24.8 Å². The van der Waals surface area contributed by atoms with Crippen molar-refractivity contribution in [3.8, 4) is 16.9 Å². The Morgan fingerprint density at radius 2 is 1.64 bits per heavy atom. The summed E-state index contributed by atoms with van der Waals surface area (Å²) < 4.78 is 5.19. The molecule has 1 aliphatic rings. The standard InChI is InChI=1S/C23H26N4O/c1-28-22-11-7-18(8-12-22)19-15-25-23(26-16-19)27-21-9-5-17(6-10-21)13-14-24-20-3-2-4-20/h5-12,15-16,20,24H,2-4,13-14H2,1H3,(H,25,26,27). The van der Waals surface area contributed by atoms with Crippen LogP contribution in [0.3, 0.4) is 0 Å². The molecular weight excluding hydrogens is 348 g/mol. The van der Waals surface area contributed by atoms with Crippen LogP contribution in [-0.4, -0.2) is 29.7 Å². The number of nitrogens with zero attached hydrogens (tertiary/aromatic N) is 2. The van der Waals surface area contributed by atoms with Gasteiger partial charge < -0.3 is 15.4 Å². The van der Waals surface area contributed by atoms with E-state index in [0.29, 0.717) is 5.95 Å². The van der Waals surface area contributed by atoms with Crippen molar-refractivity contribution >= 4 is 11.6 Å². The van der Waals surface area contributed by atoms with Gasteiger partial charge in [-0.2, -0.15) is 0 Å². The van der Waals surface area contributed by atoms with E-state index in [1.54, 1.807) is 7.11 Å². The van der Waals surface area contributed by atoms with Gasteiger partial charge in [0.2, 0.25) is 5.95 Å². The number of nitrogens with one attached hydrogen (secondary N) is 2. The molecule has 3 aromatic rings. The number of hydrogen-bond acceptors (Lipinski definition) is 5. The van der Waals surface area contributed by atoms with E-state index < -0.39 is 0 Å². The highest BCUT2D eigenvalue weighted by Gasteiger charge is 2.15. The third kappa shape index (κ3) is 4.67. The first-order chi connectivity index (χ1) is 13.8. The molecule has 1 aliphatic carbocycles. The summed E-state index contributed by atoms with van der Waals surface area (Å²) in [6.45, 7) is 1.05. The normalized spacial score (nSPS) is 13.8. The molecule has 0 radical (unpaired) electrons. The molecule has 0 bridgehead atoms. The van der Waals surface area contributed by atoms with E-state index in [2.05, 4.69) is 44.9 Å². The van der Waals surface area contributed by atoms with Crippen molar-refractivity contribution in [3.63, 3.8) is 0 Å². The van der Waals surface area contributed by atoms with Crippen LogP contribution in [0.1, 0.15) is 24.8 Å². The Balaban J connectivity index is 1.31. The third-order valence-corrected chi connectivity index (χ3v) is 5.24. The topological polar surface area (TPSA) is 59.1 Å². The van der Waals surface area contributed by atoms with Crippen LogP contribution in [-0.2, 0) is 6.42 Å². The summed E-state index contributed by atoms with van der Waals surface area (Å²) in [6, 6.07) is 17.1. The lowest BCUT2D eigenvalue weighted by atomic mass is 9.93. The zero-order valence-electron chi connectivity index (χ0n) is 16.2. The lowest BCUT2D eigenvalue weighted by Gasteiger charge is -2.26. The van der Waals surface area contributed by atoms with Crippen molar-refractivity contribution in [3.05, 3.63) is 66.5 Å². The maximum atomic E-state index is 5.19. The number of aromatic nitrogens is 2. The largest absolute Gasteiger partial charge is 0.497 e. The summed E-state index contributed by atoms with van der Waals surface area (Å²) in [6.07, 6.45) is 8.76. The number of benzene rings is 2. The van der Waals surface area contributed by atoms with Gasteiger partial charge in [0.25, 0.3) is 0 Å². The average molecular weight is 374 g/mol. The number of hydrogen-bond donors (Lipinski definition) is 2. The molecule has 2 aromatic carbocycles. The predicted octanol–water partition coefficient (Wildman–Crippen LogP) is 4.58.